The lowest BCUT2D eigenvalue weighted by atomic mass is 10.3. The molecule has 4 heteroatoms. The third-order valence-electron chi connectivity index (χ3n) is 1.38. The molecule has 0 atom stereocenters. The lowest BCUT2D eigenvalue weighted by Gasteiger charge is -1.90. The molecule has 0 radical (unpaired) electrons. The molecule has 60 valence electrons. The summed E-state index contributed by atoms with van der Waals surface area (Å²) in [6, 6.07) is 0. The van der Waals surface area contributed by atoms with Crippen LogP contribution in [-0.4, -0.2) is 15.9 Å². The second-order valence-corrected chi connectivity index (χ2v) is 2.33. The molecule has 0 aliphatic rings. The predicted molar refractivity (Wildman–Crippen MR) is 40.0 cm³/mol. The minimum atomic E-state index is 0.447. The number of hydrogen-bond acceptors (Lipinski definition) is 4. The van der Waals surface area contributed by atoms with Crippen LogP contribution in [0, 0.1) is 13.8 Å². The van der Waals surface area contributed by atoms with E-state index in [0.29, 0.717) is 17.4 Å². The highest BCUT2D eigenvalue weighted by Crippen LogP contribution is 2.09. The Morgan fingerprint density at radius 2 is 2.18 bits per heavy atom. The van der Waals surface area contributed by atoms with Gasteiger partial charge in [0, 0.05) is 6.92 Å². The Bertz CT molecular complexity index is 289. The number of oxazole rings is 1. The van der Waals surface area contributed by atoms with Crippen LogP contribution in [0.15, 0.2) is 9.57 Å². The zero-order valence-corrected chi connectivity index (χ0v) is 6.75. The normalized spacial score (nSPS) is 12.1. The SMILES string of the molecule is C/C(=N\O)c1oc(C)nc1C. The fourth-order valence-corrected chi connectivity index (χ4v) is 0.912. The molecule has 0 amide bonds. The van der Waals surface area contributed by atoms with Crippen LogP contribution < -0.4 is 0 Å². The molecule has 1 aromatic rings. The molecule has 0 aromatic carbocycles. The number of aromatic nitrogens is 1. The first-order valence-electron chi connectivity index (χ1n) is 3.28. The molecule has 1 rings (SSSR count). The van der Waals surface area contributed by atoms with Crippen molar-refractivity contribution in [2.24, 2.45) is 5.16 Å². The van der Waals surface area contributed by atoms with E-state index in [9.17, 15) is 0 Å². The van der Waals surface area contributed by atoms with Crippen LogP contribution in [0.1, 0.15) is 24.3 Å². The molecule has 0 saturated heterocycles. The lowest BCUT2D eigenvalue weighted by Crippen LogP contribution is -1.94. The predicted octanol–water partition coefficient (Wildman–Crippen LogP) is 1.49. The molecule has 1 N–H and O–H groups in total. The summed E-state index contributed by atoms with van der Waals surface area (Å²) in [6.45, 7) is 5.22. The van der Waals surface area contributed by atoms with Crippen LogP contribution in [0.2, 0.25) is 0 Å². The van der Waals surface area contributed by atoms with Crippen LogP contribution >= 0.6 is 0 Å². The van der Waals surface area contributed by atoms with Crippen molar-refractivity contribution in [3.63, 3.8) is 0 Å². The first-order chi connectivity index (χ1) is 5.15. The summed E-state index contributed by atoms with van der Waals surface area (Å²) < 4.78 is 5.17. The van der Waals surface area contributed by atoms with Gasteiger partial charge in [0.2, 0.25) is 0 Å². The fraction of sp³-hybridized carbons (Fsp3) is 0.429. The zero-order chi connectivity index (χ0) is 8.43. The van der Waals surface area contributed by atoms with Gasteiger partial charge in [-0.05, 0) is 13.8 Å². The van der Waals surface area contributed by atoms with Gasteiger partial charge in [-0.25, -0.2) is 4.98 Å². The van der Waals surface area contributed by atoms with Gasteiger partial charge in [-0.2, -0.15) is 0 Å². The van der Waals surface area contributed by atoms with E-state index >= 15 is 0 Å². The molecule has 0 aliphatic heterocycles. The average Bonchev–Trinajstić information content (AvgIpc) is 2.28. The van der Waals surface area contributed by atoms with E-state index in [2.05, 4.69) is 10.1 Å². The van der Waals surface area contributed by atoms with Crippen LogP contribution in [0.25, 0.3) is 0 Å². The number of oxime groups is 1. The molecule has 1 aromatic heterocycles. The number of hydrogen-bond donors (Lipinski definition) is 1. The van der Waals surface area contributed by atoms with E-state index in [1.54, 1.807) is 20.8 Å². The summed E-state index contributed by atoms with van der Waals surface area (Å²) in [5, 5.41) is 11.4. The summed E-state index contributed by atoms with van der Waals surface area (Å²) in [5.41, 5.74) is 1.20. The fourth-order valence-electron chi connectivity index (χ4n) is 0.912. The topological polar surface area (TPSA) is 58.6 Å². The van der Waals surface area contributed by atoms with Crippen molar-refractivity contribution in [1.82, 2.24) is 4.98 Å². The first-order valence-corrected chi connectivity index (χ1v) is 3.28. The summed E-state index contributed by atoms with van der Waals surface area (Å²) in [4.78, 5) is 4.02. The van der Waals surface area contributed by atoms with Gasteiger partial charge < -0.3 is 9.62 Å². The Balaban J connectivity index is 3.13. The minimum Gasteiger partial charge on any atom is -0.439 e. The minimum absolute atomic E-state index is 0.447. The van der Waals surface area contributed by atoms with Crippen molar-refractivity contribution in [2.75, 3.05) is 0 Å². The highest BCUT2D eigenvalue weighted by molar-refractivity contribution is 5.96. The summed E-state index contributed by atoms with van der Waals surface area (Å²) in [7, 11) is 0. The van der Waals surface area contributed by atoms with Crippen molar-refractivity contribution >= 4 is 5.71 Å². The maximum Gasteiger partial charge on any atom is 0.192 e. The highest BCUT2D eigenvalue weighted by atomic mass is 16.4. The van der Waals surface area contributed by atoms with E-state index in [-0.39, 0.29) is 0 Å². The molecule has 0 aliphatic carbocycles. The lowest BCUT2D eigenvalue weighted by molar-refractivity contribution is 0.317. The van der Waals surface area contributed by atoms with E-state index in [0.717, 1.165) is 5.69 Å². The summed E-state index contributed by atoms with van der Waals surface area (Å²) in [6.07, 6.45) is 0. The molecule has 0 bridgehead atoms. The van der Waals surface area contributed by atoms with Crippen molar-refractivity contribution in [3.8, 4) is 0 Å². The second-order valence-electron chi connectivity index (χ2n) is 2.33. The third kappa shape index (κ3) is 1.39. The van der Waals surface area contributed by atoms with E-state index < -0.39 is 0 Å². The Hall–Kier alpha value is -1.32. The molecule has 0 spiro atoms. The van der Waals surface area contributed by atoms with Crippen LogP contribution in [0.4, 0.5) is 0 Å². The van der Waals surface area contributed by atoms with E-state index in [1.807, 2.05) is 0 Å². The maximum absolute atomic E-state index is 8.42. The van der Waals surface area contributed by atoms with Crippen LogP contribution in [0.5, 0.6) is 0 Å². The van der Waals surface area contributed by atoms with Crippen molar-refractivity contribution in [3.05, 3.63) is 17.3 Å². The van der Waals surface area contributed by atoms with Gasteiger partial charge in [0.1, 0.15) is 5.71 Å². The molecule has 4 nitrogen and oxygen atoms in total. The molecule has 0 saturated carbocycles. The Kier molecular flexibility index (Phi) is 1.94. The van der Waals surface area contributed by atoms with Crippen molar-refractivity contribution in [2.45, 2.75) is 20.8 Å². The van der Waals surface area contributed by atoms with E-state index in [4.69, 9.17) is 9.62 Å². The van der Waals surface area contributed by atoms with Crippen molar-refractivity contribution < 1.29 is 9.62 Å². The Labute approximate surface area is 64.5 Å². The monoisotopic (exact) mass is 154 g/mol. The largest absolute Gasteiger partial charge is 0.439 e. The average molecular weight is 154 g/mol. The molecule has 1 heterocycles. The van der Waals surface area contributed by atoms with Gasteiger partial charge in [0.25, 0.3) is 0 Å². The number of rotatable bonds is 1. The van der Waals surface area contributed by atoms with Crippen molar-refractivity contribution in [1.29, 1.82) is 0 Å². The zero-order valence-electron chi connectivity index (χ0n) is 6.75. The first kappa shape index (κ1) is 7.78. The molecular formula is C7H10N2O2. The van der Waals surface area contributed by atoms with Crippen LogP contribution in [0.3, 0.4) is 0 Å². The summed E-state index contributed by atoms with van der Waals surface area (Å²) >= 11 is 0. The quantitative estimate of drug-likeness (QED) is 0.378. The van der Waals surface area contributed by atoms with Crippen LogP contribution in [-0.2, 0) is 0 Å². The summed E-state index contributed by atoms with van der Waals surface area (Å²) in [5.74, 6) is 1.13. The van der Waals surface area contributed by atoms with Gasteiger partial charge >= 0.3 is 0 Å². The molecule has 0 unspecified atom stereocenters. The molecule has 11 heavy (non-hydrogen) atoms. The van der Waals surface area contributed by atoms with Gasteiger partial charge in [-0.15, -0.1) is 0 Å². The van der Waals surface area contributed by atoms with E-state index in [1.165, 1.54) is 0 Å². The number of aryl methyl sites for hydroxylation is 2. The van der Waals surface area contributed by atoms with Gasteiger partial charge in [-0.1, -0.05) is 5.16 Å². The smallest absolute Gasteiger partial charge is 0.192 e. The molecule has 0 fully saturated rings. The third-order valence-corrected chi connectivity index (χ3v) is 1.38. The van der Waals surface area contributed by atoms with Gasteiger partial charge in [-0.3, -0.25) is 0 Å². The number of nitrogens with zero attached hydrogens (tertiary/aromatic N) is 2. The van der Waals surface area contributed by atoms with Gasteiger partial charge in [0.15, 0.2) is 11.7 Å². The maximum atomic E-state index is 8.42. The molecular weight excluding hydrogens is 144 g/mol. The highest BCUT2D eigenvalue weighted by Gasteiger charge is 2.09. The Morgan fingerprint density at radius 1 is 1.55 bits per heavy atom. The standard InChI is InChI=1S/C7H10N2O2/c1-4-7(5(2)9-10)11-6(3)8-4/h10H,1-3H3/b9-5+. The second kappa shape index (κ2) is 2.74. The Morgan fingerprint density at radius 3 is 2.55 bits per heavy atom. The van der Waals surface area contributed by atoms with Gasteiger partial charge in [0.05, 0.1) is 5.69 Å².